The summed E-state index contributed by atoms with van der Waals surface area (Å²) in [5, 5.41) is 0. The lowest BCUT2D eigenvalue weighted by molar-refractivity contribution is 0.413. The van der Waals surface area contributed by atoms with E-state index >= 15 is 0 Å². The van der Waals surface area contributed by atoms with Gasteiger partial charge in [-0.15, -0.1) is 0 Å². The first-order chi connectivity index (χ1) is 7.81. The Kier molecular flexibility index (Phi) is 5.69. The summed E-state index contributed by atoms with van der Waals surface area (Å²) in [6.07, 6.45) is 7.93. The number of rotatable bonds is 6. The second-order valence-electron chi connectivity index (χ2n) is 4.00. The van der Waals surface area contributed by atoms with Gasteiger partial charge in [0.25, 0.3) is 0 Å². The molecule has 0 aliphatic carbocycles. The lowest BCUT2D eigenvalue weighted by Crippen LogP contribution is -1.96. The maximum absolute atomic E-state index is 5.26. The van der Waals surface area contributed by atoms with E-state index in [4.69, 9.17) is 4.74 Å². The van der Waals surface area contributed by atoms with Crippen LogP contribution in [0.5, 0.6) is 5.75 Å². The quantitative estimate of drug-likeness (QED) is 0.637. The lowest BCUT2D eigenvalue weighted by atomic mass is 9.93. The molecule has 1 heteroatoms. The molecule has 1 aromatic carbocycles. The van der Waals surface area contributed by atoms with Crippen molar-refractivity contribution in [3.05, 3.63) is 42.0 Å². The Morgan fingerprint density at radius 2 is 2.06 bits per heavy atom. The van der Waals surface area contributed by atoms with Crippen LogP contribution in [0.3, 0.4) is 0 Å². The van der Waals surface area contributed by atoms with E-state index in [9.17, 15) is 0 Å². The molecule has 0 aliphatic rings. The molecule has 0 bridgehead atoms. The van der Waals surface area contributed by atoms with Gasteiger partial charge in [0.05, 0.1) is 7.11 Å². The lowest BCUT2D eigenvalue weighted by Gasteiger charge is -2.14. The molecule has 0 fully saturated rings. The fraction of sp³-hybridized carbons (Fsp3) is 0.467. The van der Waals surface area contributed by atoms with Gasteiger partial charge < -0.3 is 4.74 Å². The zero-order valence-electron chi connectivity index (χ0n) is 10.6. The third-order valence-electron chi connectivity index (χ3n) is 2.88. The Morgan fingerprint density at radius 3 is 2.69 bits per heavy atom. The van der Waals surface area contributed by atoms with Crippen LogP contribution < -0.4 is 4.74 Å². The Morgan fingerprint density at radius 1 is 1.25 bits per heavy atom. The molecule has 0 N–H and O–H groups in total. The first-order valence-corrected chi connectivity index (χ1v) is 6.10. The summed E-state index contributed by atoms with van der Waals surface area (Å²) in [5.41, 5.74) is 1.38. The van der Waals surface area contributed by atoms with Gasteiger partial charge in [0.2, 0.25) is 0 Å². The van der Waals surface area contributed by atoms with Crippen molar-refractivity contribution in [3.63, 3.8) is 0 Å². The molecule has 1 unspecified atom stereocenters. The molecule has 0 radical (unpaired) electrons. The van der Waals surface area contributed by atoms with Gasteiger partial charge in [0.15, 0.2) is 0 Å². The molecule has 1 atom stereocenters. The monoisotopic (exact) mass is 218 g/mol. The zero-order valence-corrected chi connectivity index (χ0v) is 10.6. The van der Waals surface area contributed by atoms with Gasteiger partial charge in [0, 0.05) is 0 Å². The Balaban J connectivity index is 2.73. The molecule has 0 saturated heterocycles. The van der Waals surface area contributed by atoms with Crippen LogP contribution in [0.4, 0.5) is 0 Å². The average molecular weight is 218 g/mol. The fourth-order valence-electron chi connectivity index (χ4n) is 1.86. The first kappa shape index (κ1) is 12.8. The zero-order chi connectivity index (χ0) is 11.8. The molecule has 88 valence electrons. The first-order valence-electron chi connectivity index (χ1n) is 6.10. The van der Waals surface area contributed by atoms with E-state index in [0.717, 1.165) is 18.6 Å². The fourth-order valence-corrected chi connectivity index (χ4v) is 1.86. The molecule has 1 rings (SSSR count). The number of hydrogen-bond acceptors (Lipinski definition) is 1. The SMILES string of the molecule is CC/C=C\CC(CC)c1cccc(OC)c1. The summed E-state index contributed by atoms with van der Waals surface area (Å²) in [6, 6.07) is 8.41. The summed E-state index contributed by atoms with van der Waals surface area (Å²) in [7, 11) is 1.72. The van der Waals surface area contributed by atoms with Gasteiger partial charge in [-0.2, -0.15) is 0 Å². The highest BCUT2D eigenvalue weighted by molar-refractivity contribution is 5.31. The molecule has 0 heterocycles. The molecule has 0 amide bonds. The summed E-state index contributed by atoms with van der Waals surface area (Å²) < 4.78 is 5.26. The van der Waals surface area contributed by atoms with Crippen LogP contribution >= 0.6 is 0 Å². The maximum Gasteiger partial charge on any atom is 0.119 e. The van der Waals surface area contributed by atoms with Gasteiger partial charge in [-0.05, 0) is 42.9 Å². The minimum absolute atomic E-state index is 0.609. The van der Waals surface area contributed by atoms with Crippen molar-refractivity contribution in [2.24, 2.45) is 0 Å². The van der Waals surface area contributed by atoms with Crippen molar-refractivity contribution in [1.82, 2.24) is 0 Å². The van der Waals surface area contributed by atoms with E-state index in [1.165, 1.54) is 12.0 Å². The minimum Gasteiger partial charge on any atom is -0.497 e. The number of methoxy groups -OCH3 is 1. The predicted octanol–water partition coefficient (Wildman–Crippen LogP) is 4.55. The molecule has 1 nitrogen and oxygen atoms in total. The van der Waals surface area contributed by atoms with Crippen LogP contribution in [-0.2, 0) is 0 Å². The topological polar surface area (TPSA) is 9.23 Å². The summed E-state index contributed by atoms with van der Waals surface area (Å²) in [4.78, 5) is 0. The van der Waals surface area contributed by atoms with E-state index in [-0.39, 0.29) is 0 Å². The van der Waals surface area contributed by atoms with Crippen LogP contribution in [0.25, 0.3) is 0 Å². The summed E-state index contributed by atoms with van der Waals surface area (Å²) in [5.74, 6) is 1.56. The Hall–Kier alpha value is -1.24. The largest absolute Gasteiger partial charge is 0.497 e. The van der Waals surface area contributed by atoms with Gasteiger partial charge in [-0.1, -0.05) is 38.1 Å². The third kappa shape index (κ3) is 3.73. The van der Waals surface area contributed by atoms with Crippen molar-refractivity contribution in [2.75, 3.05) is 7.11 Å². The van der Waals surface area contributed by atoms with Crippen molar-refractivity contribution in [2.45, 2.75) is 39.0 Å². The molecule has 0 aliphatic heterocycles. The number of benzene rings is 1. The number of allylic oxidation sites excluding steroid dienone is 2. The van der Waals surface area contributed by atoms with Gasteiger partial charge in [0.1, 0.15) is 5.75 Å². The van der Waals surface area contributed by atoms with E-state index in [0.29, 0.717) is 5.92 Å². The van der Waals surface area contributed by atoms with Crippen LogP contribution in [-0.4, -0.2) is 7.11 Å². The van der Waals surface area contributed by atoms with Gasteiger partial charge in [-0.3, -0.25) is 0 Å². The van der Waals surface area contributed by atoms with Crippen LogP contribution in [0.1, 0.15) is 44.6 Å². The van der Waals surface area contributed by atoms with Crippen LogP contribution in [0.2, 0.25) is 0 Å². The van der Waals surface area contributed by atoms with Crippen molar-refractivity contribution >= 4 is 0 Å². The molecule has 1 aromatic rings. The molecular weight excluding hydrogens is 196 g/mol. The predicted molar refractivity (Wildman–Crippen MR) is 70.1 cm³/mol. The van der Waals surface area contributed by atoms with Gasteiger partial charge >= 0.3 is 0 Å². The normalized spacial score (nSPS) is 12.9. The van der Waals surface area contributed by atoms with Crippen molar-refractivity contribution in [3.8, 4) is 5.75 Å². The Labute approximate surface area is 99.1 Å². The van der Waals surface area contributed by atoms with Crippen molar-refractivity contribution < 1.29 is 4.74 Å². The molecule has 16 heavy (non-hydrogen) atoms. The minimum atomic E-state index is 0.609. The highest BCUT2D eigenvalue weighted by Gasteiger charge is 2.07. The van der Waals surface area contributed by atoms with E-state index in [1.807, 2.05) is 6.07 Å². The average Bonchev–Trinajstić information content (AvgIpc) is 2.35. The van der Waals surface area contributed by atoms with E-state index in [2.05, 4.69) is 44.2 Å². The van der Waals surface area contributed by atoms with Gasteiger partial charge in [-0.25, -0.2) is 0 Å². The maximum atomic E-state index is 5.26. The standard InChI is InChI=1S/C15H22O/c1-4-6-7-9-13(5-2)14-10-8-11-15(12-14)16-3/h6-8,10-13H,4-5,9H2,1-3H3/b7-6-. The number of hydrogen-bond donors (Lipinski definition) is 0. The van der Waals surface area contributed by atoms with Crippen LogP contribution in [0, 0.1) is 0 Å². The highest BCUT2D eigenvalue weighted by Crippen LogP contribution is 2.26. The van der Waals surface area contributed by atoms with E-state index < -0.39 is 0 Å². The highest BCUT2D eigenvalue weighted by atomic mass is 16.5. The summed E-state index contributed by atoms with van der Waals surface area (Å²) in [6.45, 7) is 4.41. The summed E-state index contributed by atoms with van der Waals surface area (Å²) >= 11 is 0. The van der Waals surface area contributed by atoms with Crippen LogP contribution in [0.15, 0.2) is 36.4 Å². The molecule has 0 saturated carbocycles. The molecule has 0 spiro atoms. The second kappa shape index (κ2) is 7.10. The Bertz CT molecular complexity index is 328. The van der Waals surface area contributed by atoms with E-state index in [1.54, 1.807) is 7.11 Å². The van der Waals surface area contributed by atoms with Crippen molar-refractivity contribution in [1.29, 1.82) is 0 Å². The second-order valence-corrected chi connectivity index (χ2v) is 4.00. The molecular formula is C15H22O. The smallest absolute Gasteiger partial charge is 0.119 e. The third-order valence-corrected chi connectivity index (χ3v) is 2.88. The number of ether oxygens (including phenoxy) is 1. The molecule has 0 aromatic heterocycles.